The van der Waals surface area contributed by atoms with Crippen LogP contribution in [-0.2, 0) is 9.73 Å². The largest absolute Gasteiger partial charge is 0.286 e. The van der Waals surface area contributed by atoms with Gasteiger partial charge < -0.3 is 0 Å². The average molecular weight is 372 g/mol. The summed E-state index contributed by atoms with van der Waals surface area (Å²) in [6, 6.07) is 13.8. The molecular formula is C18H14ClN3O2S. The number of hydrogen-bond donors (Lipinski definition) is 0. The van der Waals surface area contributed by atoms with Gasteiger partial charge in [0, 0.05) is 40.9 Å². The number of nitrogens with zero attached hydrogens (tertiary/aromatic N) is 3. The van der Waals surface area contributed by atoms with Gasteiger partial charge in [0.25, 0.3) is 5.91 Å². The van der Waals surface area contributed by atoms with Crippen LogP contribution in [0.25, 0.3) is 11.1 Å². The van der Waals surface area contributed by atoms with Crippen LogP contribution in [-0.4, -0.2) is 26.3 Å². The molecule has 1 amide bonds. The van der Waals surface area contributed by atoms with Gasteiger partial charge in [-0.15, -0.1) is 0 Å². The van der Waals surface area contributed by atoms with Crippen LogP contribution in [0.2, 0.25) is 5.15 Å². The molecule has 0 saturated carbocycles. The monoisotopic (exact) mass is 371 g/mol. The molecule has 1 aromatic carbocycles. The van der Waals surface area contributed by atoms with Gasteiger partial charge in [0.2, 0.25) is 0 Å². The van der Waals surface area contributed by atoms with E-state index in [0.717, 1.165) is 5.56 Å². The van der Waals surface area contributed by atoms with Gasteiger partial charge in [-0.25, -0.2) is 9.19 Å². The standard InChI is InChI=1S/C18H14ClN3O2S/c1-25(24,16-5-3-2-4-6-16)22-18(23)15-9-14(10-20-11-15)13-7-8-17(19)21-12-13/h2-12H,1H3. The van der Waals surface area contributed by atoms with Crippen LogP contribution in [0.5, 0.6) is 0 Å². The van der Waals surface area contributed by atoms with Crippen LogP contribution < -0.4 is 0 Å². The number of hydrogen-bond acceptors (Lipinski definition) is 4. The first kappa shape index (κ1) is 17.3. The van der Waals surface area contributed by atoms with Gasteiger partial charge in [-0.3, -0.25) is 9.78 Å². The van der Waals surface area contributed by atoms with Crippen LogP contribution in [0.3, 0.4) is 0 Å². The molecular weight excluding hydrogens is 358 g/mol. The Hall–Kier alpha value is -2.57. The van der Waals surface area contributed by atoms with E-state index < -0.39 is 15.6 Å². The molecule has 0 N–H and O–H groups in total. The van der Waals surface area contributed by atoms with Crippen molar-refractivity contribution in [1.82, 2.24) is 9.97 Å². The minimum absolute atomic E-state index is 0.262. The zero-order valence-electron chi connectivity index (χ0n) is 13.3. The van der Waals surface area contributed by atoms with E-state index in [1.54, 1.807) is 54.9 Å². The molecule has 0 fully saturated rings. The zero-order chi connectivity index (χ0) is 17.9. The molecule has 0 radical (unpaired) electrons. The number of aromatic nitrogens is 2. The maximum atomic E-state index is 12.7. The fourth-order valence-corrected chi connectivity index (χ4v) is 3.50. The molecule has 0 aliphatic carbocycles. The third-order valence-corrected chi connectivity index (χ3v) is 5.37. The minimum atomic E-state index is -2.82. The quantitative estimate of drug-likeness (QED) is 0.650. The average Bonchev–Trinajstić information content (AvgIpc) is 2.63. The summed E-state index contributed by atoms with van der Waals surface area (Å²) in [4.78, 5) is 21.0. The Morgan fingerprint density at radius 3 is 2.48 bits per heavy atom. The summed E-state index contributed by atoms with van der Waals surface area (Å²) in [5.41, 5.74) is 1.73. The van der Waals surface area contributed by atoms with Gasteiger partial charge in [-0.1, -0.05) is 29.8 Å². The Balaban J connectivity index is 1.96. The first-order valence-corrected chi connectivity index (χ1v) is 9.64. The third-order valence-electron chi connectivity index (χ3n) is 3.48. The summed E-state index contributed by atoms with van der Waals surface area (Å²) in [6.45, 7) is 0. The van der Waals surface area contributed by atoms with Crippen LogP contribution >= 0.6 is 11.6 Å². The molecule has 0 saturated heterocycles. The third kappa shape index (κ3) is 4.10. The first-order chi connectivity index (χ1) is 12.0. The molecule has 2 heterocycles. The lowest BCUT2D eigenvalue weighted by molar-refractivity contribution is 0.100. The Labute approximate surface area is 150 Å². The highest BCUT2D eigenvalue weighted by Crippen LogP contribution is 2.21. The molecule has 0 bridgehead atoms. The molecule has 3 rings (SSSR count). The van der Waals surface area contributed by atoms with Gasteiger partial charge in [-0.2, -0.15) is 4.36 Å². The van der Waals surface area contributed by atoms with Gasteiger partial charge in [0.1, 0.15) is 5.15 Å². The van der Waals surface area contributed by atoms with E-state index >= 15 is 0 Å². The maximum absolute atomic E-state index is 12.7. The molecule has 7 heteroatoms. The number of halogens is 1. The number of pyridine rings is 2. The second-order valence-corrected chi connectivity index (χ2v) is 7.99. The van der Waals surface area contributed by atoms with Gasteiger partial charge in [-0.05, 0) is 30.3 Å². The predicted molar refractivity (Wildman–Crippen MR) is 98.0 cm³/mol. The van der Waals surface area contributed by atoms with Crippen LogP contribution in [0, 0.1) is 0 Å². The molecule has 2 aromatic heterocycles. The van der Waals surface area contributed by atoms with Crippen LogP contribution in [0.4, 0.5) is 0 Å². The molecule has 0 aliphatic heterocycles. The smallest absolute Gasteiger partial charge is 0.266 e. The second-order valence-electron chi connectivity index (χ2n) is 5.34. The lowest BCUT2D eigenvalue weighted by Gasteiger charge is -2.05. The van der Waals surface area contributed by atoms with Crippen molar-refractivity contribution >= 4 is 27.2 Å². The van der Waals surface area contributed by atoms with Gasteiger partial charge in [0.15, 0.2) is 0 Å². The Morgan fingerprint density at radius 1 is 1.04 bits per heavy atom. The minimum Gasteiger partial charge on any atom is -0.266 e. The van der Waals surface area contributed by atoms with Crippen molar-refractivity contribution in [3.05, 3.63) is 77.8 Å². The van der Waals surface area contributed by atoms with Crippen molar-refractivity contribution in [2.45, 2.75) is 4.90 Å². The summed E-state index contributed by atoms with van der Waals surface area (Å²) >= 11 is 5.78. The summed E-state index contributed by atoms with van der Waals surface area (Å²) in [6.07, 6.45) is 6.06. The molecule has 0 spiro atoms. The van der Waals surface area contributed by atoms with E-state index in [2.05, 4.69) is 14.3 Å². The maximum Gasteiger partial charge on any atom is 0.286 e. The summed E-state index contributed by atoms with van der Waals surface area (Å²) in [5, 5.41) is 0.382. The number of carbonyl (C=O) groups is 1. The predicted octanol–water partition coefficient (Wildman–Crippen LogP) is 4.09. The van der Waals surface area contributed by atoms with Gasteiger partial charge in [0.05, 0.1) is 15.3 Å². The van der Waals surface area contributed by atoms with Gasteiger partial charge >= 0.3 is 0 Å². The lowest BCUT2D eigenvalue weighted by atomic mass is 10.1. The van der Waals surface area contributed by atoms with E-state index in [9.17, 15) is 9.00 Å². The molecule has 25 heavy (non-hydrogen) atoms. The summed E-state index contributed by atoms with van der Waals surface area (Å²) in [7, 11) is -2.82. The fourth-order valence-electron chi connectivity index (χ4n) is 2.20. The number of amides is 1. The highest BCUT2D eigenvalue weighted by molar-refractivity contribution is 7.93. The Bertz CT molecular complexity index is 1030. The SMILES string of the molecule is CS(=O)(=NC(=O)c1cncc(-c2ccc(Cl)nc2)c1)c1ccccc1. The normalized spacial score (nSPS) is 13.0. The Kier molecular flexibility index (Phi) is 4.92. The highest BCUT2D eigenvalue weighted by Gasteiger charge is 2.12. The first-order valence-electron chi connectivity index (χ1n) is 7.34. The zero-order valence-corrected chi connectivity index (χ0v) is 14.9. The van der Waals surface area contributed by atoms with Crippen molar-refractivity contribution in [3.63, 3.8) is 0 Å². The molecule has 1 unspecified atom stereocenters. The van der Waals surface area contributed by atoms with Crippen molar-refractivity contribution in [2.75, 3.05) is 6.26 Å². The van der Waals surface area contributed by atoms with Crippen molar-refractivity contribution in [3.8, 4) is 11.1 Å². The van der Waals surface area contributed by atoms with Crippen LogP contribution in [0.15, 0.2) is 76.4 Å². The molecule has 0 aliphatic rings. The second kappa shape index (κ2) is 7.13. The molecule has 1 atom stereocenters. The van der Waals surface area contributed by atoms with E-state index in [-0.39, 0.29) is 5.56 Å². The highest BCUT2D eigenvalue weighted by atomic mass is 35.5. The van der Waals surface area contributed by atoms with Crippen LogP contribution in [0.1, 0.15) is 10.4 Å². The van der Waals surface area contributed by atoms with Crippen molar-refractivity contribution in [2.24, 2.45) is 4.36 Å². The lowest BCUT2D eigenvalue weighted by Crippen LogP contribution is -2.04. The summed E-state index contributed by atoms with van der Waals surface area (Å²) < 4.78 is 16.6. The molecule has 3 aromatic rings. The topological polar surface area (TPSA) is 72.3 Å². The fraction of sp³-hybridized carbons (Fsp3) is 0.0556. The molecule has 5 nitrogen and oxygen atoms in total. The number of rotatable bonds is 3. The molecule has 126 valence electrons. The summed E-state index contributed by atoms with van der Waals surface area (Å²) in [5.74, 6) is -0.576. The number of benzene rings is 1. The van der Waals surface area contributed by atoms with Crippen molar-refractivity contribution in [1.29, 1.82) is 0 Å². The van der Waals surface area contributed by atoms with E-state index in [4.69, 9.17) is 11.6 Å². The number of carbonyl (C=O) groups excluding carboxylic acids is 1. The van der Waals surface area contributed by atoms with E-state index in [0.29, 0.717) is 15.6 Å². The Morgan fingerprint density at radius 2 is 1.80 bits per heavy atom. The van der Waals surface area contributed by atoms with E-state index in [1.165, 1.54) is 12.5 Å². The van der Waals surface area contributed by atoms with E-state index in [1.807, 2.05) is 6.07 Å². The van der Waals surface area contributed by atoms with Crippen molar-refractivity contribution < 1.29 is 9.00 Å².